The SMILES string of the molecule is CC(C)c1ccc(-c2cnc(NN)[nH]2)cc1. The molecule has 1 aromatic carbocycles. The molecule has 2 rings (SSSR count). The van der Waals surface area contributed by atoms with Crippen LogP contribution in [0.15, 0.2) is 30.5 Å². The molecular formula is C12H16N4. The lowest BCUT2D eigenvalue weighted by Crippen LogP contribution is -2.07. The van der Waals surface area contributed by atoms with Crippen molar-refractivity contribution in [2.75, 3.05) is 5.43 Å². The first-order valence-corrected chi connectivity index (χ1v) is 5.32. The lowest BCUT2D eigenvalue weighted by Gasteiger charge is -2.05. The molecule has 4 heteroatoms. The van der Waals surface area contributed by atoms with Crippen LogP contribution in [0.5, 0.6) is 0 Å². The lowest BCUT2D eigenvalue weighted by atomic mass is 10.0. The molecule has 84 valence electrons. The molecule has 0 spiro atoms. The second-order valence-corrected chi connectivity index (χ2v) is 4.07. The van der Waals surface area contributed by atoms with E-state index in [2.05, 4.69) is 53.5 Å². The largest absolute Gasteiger partial charge is 0.323 e. The van der Waals surface area contributed by atoms with Crippen LogP contribution in [0.25, 0.3) is 11.3 Å². The van der Waals surface area contributed by atoms with Gasteiger partial charge in [0.15, 0.2) is 0 Å². The van der Waals surface area contributed by atoms with Crippen LogP contribution in [-0.2, 0) is 0 Å². The van der Waals surface area contributed by atoms with E-state index in [1.165, 1.54) is 5.56 Å². The summed E-state index contributed by atoms with van der Waals surface area (Å²) in [6, 6.07) is 8.44. The van der Waals surface area contributed by atoms with Gasteiger partial charge in [-0.05, 0) is 17.0 Å². The number of nitrogens with one attached hydrogen (secondary N) is 2. The molecule has 0 aliphatic carbocycles. The molecule has 0 radical (unpaired) electrons. The van der Waals surface area contributed by atoms with E-state index in [0.29, 0.717) is 11.9 Å². The quantitative estimate of drug-likeness (QED) is 0.545. The molecule has 0 aliphatic rings. The van der Waals surface area contributed by atoms with Gasteiger partial charge in [-0.1, -0.05) is 38.1 Å². The third kappa shape index (κ3) is 2.06. The van der Waals surface area contributed by atoms with Gasteiger partial charge < -0.3 is 4.98 Å². The van der Waals surface area contributed by atoms with Gasteiger partial charge in [-0.2, -0.15) is 0 Å². The number of hydrogen-bond donors (Lipinski definition) is 3. The van der Waals surface area contributed by atoms with Gasteiger partial charge in [0.1, 0.15) is 0 Å². The van der Waals surface area contributed by atoms with Gasteiger partial charge in [-0.3, -0.25) is 5.43 Å². The van der Waals surface area contributed by atoms with E-state index >= 15 is 0 Å². The van der Waals surface area contributed by atoms with Crippen molar-refractivity contribution >= 4 is 5.95 Å². The van der Waals surface area contributed by atoms with Gasteiger partial charge in [0.2, 0.25) is 5.95 Å². The summed E-state index contributed by atoms with van der Waals surface area (Å²) in [5.74, 6) is 6.39. The Kier molecular flexibility index (Phi) is 2.92. The number of hydrogen-bond acceptors (Lipinski definition) is 3. The van der Waals surface area contributed by atoms with E-state index in [1.54, 1.807) is 6.20 Å². The minimum Gasteiger partial charge on any atom is -0.323 e. The van der Waals surface area contributed by atoms with Crippen LogP contribution in [0, 0.1) is 0 Å². The van der Waals surface area contributed by atoms with Crippen LogP contribution in [0.1, 0.15) is 25.3 Å². The predicted molar refractivity (Wildman–Crippen MR) is 65.9 cm³/mol. The number of nitrogens with zero attached hydrogens (tertiary/aromatic N) is 1. The highest BCUT2D eigenvalue weighted by molar-refractivity contribution is 5.60. The van der Waals surface area contributed by atoms with Gasteiger partial charge in [-0.15, -0.1) is 0 Å². The maximum absolute atomic E-state index is 5.26. The molecule has 1 heterocycles. The number of rotatable bonds is 3. The van der Waals surface area contributed by atoms with Gasteiger partial charge in [0.05, 0.1) is 11.9 Å². The number of imidazole rings is 1. The van der Waals surface area contributed by atoms with Crippen molar-refractivity contribution in [2.45, 2.75) is 19.8 Å². The number of nitrogen functional groups attached to an aromatic ring is 1. The summed E-state index contributed by atoms with van der Waals surface area (Å²) in [5, 5.41) is 0. The number of benzene rings is 1. The Balaban J connectivity index is 2.27. The first-order chi connectivity index (χ1) is 7.70. The number of hydrazine groups is 1. The Hall–Kier alpha value is -1.81. The van der Waals surface area contributed by atoms with Gasteiger partial charge in [0.25, 0.3) is 0 Å². The topological polar surface area (TPSA) is 66.7 Å². The summed E-state index contributed by atoms with van der Waals surface area (Å²) in [7, 11) is 0. The van der Waals surface area contributed by atoms with E-state index < -0.39 is 0 Å². The molecule has 2 aromatic rings. The Morgan fingerprint density at radius 1 is 1.25 bits per heavy atom. The molecular weight excluding hydrogens is 200 g/mol. The van der Waals surface area contributed by atoms with Crippen molar-refractivity contribution in [1.29, 1.82) is 0 Å². The van der Waals surface area contributed by atoms with Crippen LogP contribution < -0.4 is 11.3 Å². The molecule has 0 aliphatic heterocycles. The van der Waals surface area contributed by atoms with Crippen molar-refractivity contribution < 1.29 is 0 Å². The number of nitrogens with two attached hydrogens (primary N) is 1. The van der Waals surface area contributed by atoms with Crippen molar-refractivity contribution in [3.63, 3.8) is 0 Å². The van der Waals surface area contributed by atoms with Crippen LogP contribution >= 0.6 is 0 Å². The zero-order valence-corrected chi connectivity index (χ0v) is 9.49. The zero-order chi connectivity index (χ0) is 11.5. The summed E-state index contributed by atoms with van der Waals surface area (Å²) >= 11 is 0. The number of anilines is 1. The summed E-state index contributed by atoms with van der Waals surface area (Å²) in [4.78, 5) is 7.16. The molecule has 1 aromatic heterocycles. The van der Waals surface area contributed by atoms with Crippen LogP contribution in [-0.4, -0.2) is 9.97 Å². The summed E-state index contributed by atoms with van der Waals surface area (Å²) in [6.07, 6.45) is 1.76. The molecule has 0 saturated heterocycles. The summed E-state index contributed by atoms with van der Waals surface area (Å²) < 4.78 is 0. The Morgan fingerprint density at radius 3 is 2.44 bits per heavy atom. The Bertz CT molecular complexity index is 456. The average molecular weight is 216 g/mol. The average Bonchev–Trinajstić information content (AvgIpc) is 2.77. The monoisotopic (exact) mass is 216 g/mol. The fourth-order valence-corrected chi connectivity index (χ4v) is 1.59. The molecule has 0 unspecified atom stereocenters. The standard InChI is InChI=1S/C12H16N4/c1-8(2)9-3-5-10(6-4-9)11-7-14-12(15-11)16-13/h3-8H,13H2,1-2H3,(H2,14,15,16). The molecule has 0 amide bonds. The molecule has 0 bridgehead atoms. The Morgan fingerprint density at radius 2 is 1.94 bits per heavy atom. The fraction of sp³-hybridized carbons (Fsp3) is 0.250. The zero-order valence-electron chi connectivity index (χ0n) is 9.49. The van der Waals surface area contributed by atoms with Gasteiger partial charge in [-0.25, -0.2) is 10.8 Å². The number of H-pyrrole nitrogens is 1. The highest BCUT2D eigenvalue weighted by Crippen LogP contribution is 2.21. The fourth-order valence-electron chi connectivity index (χ4n) is 1.59. The first-order valence-electron chi connectivity index (χ1n) is 5.32. The van der Waals surface area contributed by atoms with Crippen molar-refractivity contribution in [1.82, 2.24) is 9.97 Å². The first kappa shape index (κ1) is 10.7. The number of aromatic amines is 1. The molecule has 0 fully saturated rings. The van der Waals surface area contributed by atoms with Crippen LogP contribution in [0.4, 0.5) is 5.95 Å². The predicted octanol–water partition coefficient (Wildman–Crippen LogP) is 2.49. The second kappa shape index (κ2) is 4.37. The van der Waals surface area contributed by atoms with E-state index in [9.17, 15) is 0 Å². The third-order valence-electron chi connectivity index (χ3n) is 2.60. The highest BCUT2D eigenvalue weighted by atomic mass is 15.3. The van der Waals surface area contributed by atoms with E-state index in [0.717, 1.165) is 11.3 Å². The minimum absolute atomic E-state index is 0.553. The van der Waals surface area contributed by atoms with Crippen molar-refractivity contribution in [3.05, 3.63) is 36.0 Å². The van der Waals surface area contributed by atoms with Crippen molar-refractivity contribution in [3.8, 4) is 11.3 Å². The van der Waals surface area contributed by atoms with E-state index in [4.69, 9.17) is 5.84 Å². The maximum Gasteiger partial charge on any atom is 0.215 e. The van der Waals surface area contributed by atoms with E-state index in [1.807, 2.05) is 0 Å². The molecule has 0 saturated carbocycles. The van der Waals surface area contributed by atoms with Crippen LogP contribution in [0.3, 0.4) is 0 Å². The van der Waals surface area contributed by atoms with Crippen LogP contribution in [0.2, 0.25) is 0 Å². The van der Waals surface area contributed by atoms with Gasteiger partial charge >= 0.3 is 0 Å². The summed E-state index contributed by atoms with van der Waals surface area (Å²) in [5.41, 5.74) is 5.88. The molecule has 4 nitrogen and oxygen atoms in total. The number of aromatic nitrogens is 2. The molecule has 4 N–H and O–H groups in total. The summed E-state index contributed by atoms with van der Waals surface area (Å²) in [6.45, 7) is 4.36. The van der Waals surface area contributed by atoms with Gasteiger partial charge in [0, 0.05) is 0 Å². The second-order valence-electron chi connectivity index (χ2n) is 4.07. The Labute approximate surface area is 94.9 Å². The smallest absolute Gasteiger partial charge is 0.215 e. The van der Waals surface area contributed by atoms with E-state index in [-0.39, 0.29) is 0 Å². The maximum atomic E-state index is 5.26. The molecule has 0 atom stereocenters. The normalized spacial score (nSPS) is 10.8. The molecule has 16 heavy (non-hydrogen) atoms. The van der Waals surface area contributed by atoms with Crippen molar-refractivity contribution in [2.24, 2.45) is 5.84 Å². The lowest BCUT2D eigenvalue weighted by molar-refractivity contribution is 0.867. The highest BCUT2D eigenvalue weighted by Gasteiger charge is 2.03. The third-order valence-corrected chi connectivity index (χ3v) is 2.60. The minimum atomic E-state index is 0.553.